The van der Waals surface area contributed by atoms with Gasteiger partial charge in [-0.15, -0.1) is 6.58 Å². The molecule has 2 aromatic carbocycles. The third-order valence-electron chi connectivity index (χ3n) is 5.96. The zero-order valence-electron chi connectivity index (χ0n) is 19.5. The van der Waals surface area contributed by atoms with Gasteiger partial charge < -0.3 is 19.0 Å². The van der Waals surface area contributed by atoms with Crippen molar-refractivity contribution >= 4 is 16.9 Å². The molecule has 1 aromatic heterocycles. The Kier molecular flexibility index (Phi) is 6.86. The Morgan fingerprint density at radius 3 is 2.56 bits per heavy atom. The molecule has 0 amide bonds. The number of nitrogens with zero attached hydrogens (tertiary/aromatic N) is 1. The van der Waals surface area contributed by atoms with Gasteiger partial charge in [-0.25, -0.2) is 9.59 Å². The summed E-state index contributed by atoms with van der Waals surface area (Å²) in [7, 11) is 0. The van der Waals surface area contributed by atoms with Crippen LogP contribution in [0.2, 0.25) is 0 Å². The molecule has 178 valence electrons. The van der Waals surface area contributed by atoms with Crippen molar-refractivity contribution in [2.45, 2.75) is 32.4 Å². The number of carbonyl (C=O) groups is 1. The van der Waals surface area contributed by atoms with Gasteiger partial charge in [0, 0.05) is 42.2 Å². The van der Waals surface area contributed by atoms with E-state index in [-0.39, 0.29) is 0 Å². The number of carboxylic acids is 1. The lowest BCUT2D eigenvalue weighted by molar-refractivity contribution is -0.152. The van der Waals surface area contributed by atoms with Gasteiger partial charge in [0.1, 0.15) is 11.3 Å². The molecule has 34 heavy (non-hydrogen) atoms. The summed E-state index contributed by atoms with van der Waals surface area (Å²) in [5.74, 6) is -0.673. The highest BCUT2D eigenvalue weighted by Gasteiger charge is 2.33. The number of aliphatic carboxylic acids is 1. The van der Waals surface area contributed by atoms with E-state index in [1.54, 1.807) is 6.08 Å². The average Bonchev–Trinajstić information content (AvgIpc) is 2.82. The topological polar surface area (TPSA) is 89.2 Å². The summed E-state index contributed by atoms with van der Waals surface area (Å²) in [6.07, 6.45) is 2.04. The first-order chi connectivity index (χ1) is 16.3. The average molecular weight is 464 g/mol. The summed E-state index contributed by atoms with van der Waals surface area (Å²) in [6, 6.07) is 13.1. The molecule has 0 unspecified atom stereocenters. The third kappa shape index (κ3) is 4.90. The number of allylic oxidation sites excluding steroid dienone is 1. The Morgan fingerprint density at radius 2 is 1.91 bits per heavy atom. The maximum atomic E-state index is 12.6. The Balaban J connectivity index is 2.00. The van der Waals surface area contributed by atoms with Gasteiger partial charge in [-0.2, -0.15) is 0 Å². The van der Waals surface area contributed by atoms with Crippen LogP contribution in [0, 0.1) is 0 Å². The Bertz CT molecular complexity index is 1260. The second-order valence-corrected chi connectivity index (χ2v) is 8.86. The number of morpholine rings is 1. The molecule has 0 aliphatic carbocycles. The van der Waals surface area contributed by atoms with Crippen molar-refractivity contribution < 1.29 is 23.8 Å². The molecule has 4 rings (SSSR count). The van der Waals surface area contributed by atoms with Gasteiger partial charge in [-0.1, -0.05) is 36.4 Å². The molecule has 3 aromatic rings. The fraction of sp³-hybridized carbons (Fsp3) is 0.333. The first-order valence-electron chi connectivity index (χ1n) is 11.3. The van der Waals surface area contributed by atoms with E-state index in [1.807, 2.05) is 36.4 Å². The summed E-state index contributed by atoms with van der Waals surface area (Å²) in [6.45, 7) is 10.2. The molecular weight excluding hydrogens is 434 g/mol. The number of rotatable bonds is 8. The van der Waals surface area contributed by atoms with Crippen LogP contribution in [-0.2, 0) is 22.5 Å². The van der Waals surface area contributed by atoms with E-state index in [1.165, 1.54) is 19.9 Å². The number of hydrogen-bond acceptors (Lipinski definition) is 6. The van der Waals surface area contributed by atoms with Gasteiger partial charge in [0.25, 0.3) is 0 Å². The molecule has 0 bridgehead atoms. The number of carboxylic acid groups (broad SMARTS) is 1. The van der Waals surface area contributed by atoms with Gasteiger partial charge in [-0.3, -0.25) is 4.90 Å². The largest absolute Gasteiger partial charge is 0.478 e. The fourth-order valence-electron chi connectivity index (χ4n) is 4.14. The molecule has 1 saturated heterocycles. The van der Waals surface area contributed by atoms with E-state index in [2.05, 4.69) is 11.5 Å². The Hall–Kier alpha value is -3.42. The predicted octanol–water partition coefficient (Wildman–Crippen LogP) is 4.26. The van der Waals surface area contributed by atoms with Gasteiger partial charge in [0.15, 0.2) is 5.60 Å². The number of hydrogen-bond donors (Lipinski definition) is 1. The van der Waals surface area contributed by atoms with Crippen molar-refractivity contribution in [3.05, 3.63) is 76.7 Å². The summed E-state index contributed by atoms with van der Waals surface area (Å²) in [5.41, 5.74) is 1.49. The summed E-state index contributed by atoms with van der Waals surface area (Å²) >= 11 is 0. The van der Waals surface area contributed by atoms with E-state index in [0.717, 1.165) is 35.2 Å². The SMILES string of the molecule is C=CCc1c(OC(C)(C)C(=O)O)c(CN2CCOCC2)cc2c(-c3ccccc3)cc(=O)oc12. The molecular formula is C27H29NO6. The van der Waals surface area contributed by atoms with E-state index in [9.17, 15) is 14.7 Å². The van der Waals surface area contributed by atoms with Crippen LogP contribution in [0.3, 0.4) is 0 Å². The molecule has 2 heterocycles. The lowest BCUT2D eigenvalue weighted by Gasteiger charge is -2.30. The maximum Gasteiger partial charge on any atom is 0.347 e. The second kappa shape index (κ2) is 9.83. The maximum absolute atomic E-state index is 12.6. The molecule has 1 aliphatic heterocycles. The van der Waals surface area contributed by atoms with Crippen LogP contribution in [0.1, 0.15) is 25.0 Å². The molecule has 7 heteroatoms. The molecule has 7 nitrogen and oxygen atoms in total. The lowest BCUT2D eigenvalue weighted by Crippen LogP contribution is -2.39. The van der Waals surface area contributed by atoms with E-state index >= 15 is 0 Å². The monoisotopic (exact) mass is 463 g/mol. The normalized spacial score (nSPS) is 14.8. The smallest absolute Gasteiger partial charge is 0.347 e. The molecule has 0 atom stereocenters. The highest BCUT2D eigenvalue weighted by Crippen LogP contribution is 2.39. The van der Waals surface area contributed by atoms with Gasteiger partial charge in [0.05, 0.1) is 13.2 Å². The van der Waals surface area contributed by atoms with Crippen molar-refractivity contribution in [3.63, 3.8) is 0 Å². The van der Waals surface area contributed by atoms with Crippen molar-refractivity contribution in [1.29, 1.82) is 0 Å². The minimum absolute atomic E-state index is 0.347. The molecule has 1 N–H and O–H groups in total. The van der Waals surface area contributed by atoms with Crippen LogP contribution in [-0.4, -0.2) is 47.9 Å². The van der Waals surface area contributed by atoms with Crippen molar-refractivity contribution in [2.24, 2.45) is 0 Å². The van der Waals surface area contributed by atoms with Crippen LogP contribution >= 0.6 is 0 Å². The first-order valence-corrected chi connectivity index (χ1v) is 11.3. The Morgan fingerprint density at radius 1 is 1.21 bits per heavy atom. The highest BCUT2D eigenvalue weighted by atomic mass is 16.5. The number of fused-ring (bicyclic) bond motifs is 1. The minimum atomic E-state index is -1.49. The van der Waals surface area contributed by atoms with Crippen LogP contribution in [0.5, 0.6) is 5.75 Å². The van der Waals surface area contributed by atoms with Crippen molar-refractivity contribution in [3.8, 4) is 16.9 Å². The van der Waals surface area contributed by atoms with E-state index < -0.39 is 17.2 Å². The van der Waals surface area contributed by atoms with Crippen LogP contribution in [0.25, 0.3) is 22.1 Å². The zero-order chi connectivity index (χ0) is 24.3. The van der Waals surface area contributed by atoms with Gasteiger partial charge in [0.2, 0.25) is 0 Å². The zero-order valence-corrected chi connectivity index (χ0v) is 19.5. The minimum Gasteiger partial charge on any atom is -0.478 e. The Labute approximate surface area is 198 Å². The summed E-state index contributed by atoms with van der Waals surface area (Å²) < 4.78 is 17.3. The van der Waals surface area contributed by atoms with E-state index in [0.29, 0.717) is 43.1 Å². The first kappa shape index (κ1) is 23.7. The lowest BCUT2D eigenvalue weighted by atomic mass is 9.95. The predicted molar refractivity (Wildman–Crippen MR) is 130 cm³/mol. The molecule has 0 saturated carbocycles. The van der Waals surface area contributed by atoms with Crippen LogP contribution < -0.4 is 10.4 Å². The quantitative estimate of drug-likeness (QED) is 0.394. The number of ether oxygens (including phenoxy) is 2. The third-order valence-corrected chi connectivity index (χ3v) is 5.96. The number of benzene rings is 2. The van der Waals surface area contributed by atoms with Gasteiger partial charge >= 0.3 is 11.6 Å². The van der Waals surface area contributed by atoms with E-state index in [4.69, 9.17) is 13.9 Å². The highest BCUT2D eigenvalue weighted by molar-refractivity contribution is 5.96. The van der Waals surface area contributed by atoms with Crippen molar-refractivity contribution in [2.75, 3.05) is 26.3 Å². The summed E-state index contributed by atoms with van der Waals surface area (Å²) in [4.78, 5) is 26.7. The van der Waals surface area contributed by atoms with Crippen LogP contribution in [0.4, 0.5) is 0 Å². The molecule has 1 fully saturated rings. The molecule has 0 radical (unpaired) electrons. The van der Waals surface area contributed by atoms with Crippen molar-refractivity contribution in [1.82, 2.24) is 4.90 Å². The summed E-state index contributed by atoms with van der Waals surface area (Å²) in [5, 5.41) is 10.5. The van der Waals surface area contributed by atoms with Gasteiger partial charge in [-0.05, 0) is 37.5 Å². The van der Waals surface area contributed by atoms with Crippen LogP contribution in [0.15, 0.2) is 64.3 Å². The molecule has 1 aliphatic rings. The standard InChI is InChI=1S/C27H29NO6/c1-4-8-20-24(34-27(2,3)26(30)31)19(17-28-11-13-32-14-12-28)15-22-21(16-23(29)33-25(20)22)18-9-6-5-7-10-18/h4-7,9-10,15-16H,1,8,11-14,17H2,2-3H3,(H,30,31). The second-order valence-electron chi connectivity index (χ2n) is 8.86. The fourth-order valence-corrected chi connectivity index (χ4v) is 4.14. The molecule has 0 spiro atoms.